The van der Waals surface area contributed by atoms with Gasteiger partial charge in [0.2, 0.25) is 5.16 Å². The number of carbonyl (C=O) groups is 4. The van der Waals surface area contributed by atoms with Crippen molar-refractivity contribution in [3.05, 3.63) is 52.3 Å². The molecule has 1 atom stereocenters. The molecule has 3 rings (SSSR count). The second-order valence-corrected chi connectivity index (χ2v) is 11.2. The molecule has 0 aliphatic carbocycles. The Bertz CT molecular complexity index is 1780. The summed E-state index contributed by atoms with van der Waals surface area (Å²) in [6, 6.07) is 2.93. The number of carbonyl (C=O) groups excluding carboxylic acids is 3. The fraction of sp³-hybridized carbons (Fsp3) is 0.429. The number of rotatable bonds is 18. The van der Waals surface area contributed by atoms with E-state index in [4.69, 9.17) is 14.9 Å². The van der Waals surface area contributed by atoms with Gasteiger partial charge < -0.3 is 25.1 Å². The molecule has 0 aliphatic heterocycles. The van der Waals surface area contributed by atoms with Gasteiger partial charge in [0.15, 0.2) is 18.7 Å². The average molecular weight is 791 g/mol. The summed E-state index contributed by atoms with van der Waals surface area (Å²) in [7, 11) is 1.98. The Morgan fingerprint density at radius 2 is 1.74 bits per heavy atom. The quantitative estimate of drug-likeness (QED) is 0.0701. The van der Waals surface area contributed by atoms with Crippen LogP contribution in [0.5, 0.6) is 0 Å². The van der Waals surface area contributed by atoms with Crippen LogP contribution in [0.3, 0.4) is 0 Å². The zero-order chi connectivity index (χ0) is 40.1. The van der Waals surface area contributed by atoms with Gasteiger partial charge >= 0.3 is 35.6 Å². The number of aliphatic hydroxyl groups is 1. The molecule has 25 heteroatoms. The highest BCUT2D eigenvalue weighted by Gasteiger charge is 2.73. The summed E-state index contributed by atoms with van der Waals surface area (Å²) < 4.78 is 114. The van der Waals surface area contributed by atoms with E-state index < -0.39 is 64.5 Å². The van der Waals surface area contributed by atoms with Crippen molar-refractivity contribution in [2.75, 3.05) is 26.1 Å². The number of benzene rings is 1. The Morgan fingerprint density at radius 3 is 2.32 bits per heavy atom. The van der Waals surface area contributed by atoms with Crippen LogP contribution >= 0.6 is 11.8 Å². The number of esters is 1. The van der Waals surface area contributed by atoms with Gasteiger partial charge in [0.25, 0.3) is 10.8 Å². The zero-order valence-corrected chi connectivity index (χ0v) is 28.0. The Labute approximate surface area is 296 Å². The van der Waals surface area contributed by atoms with Crippen molar-refractivity contribution in [1.82, 2.24) is 25.2 Å². The van der Waals surface area contributed by atoms with Crippen molar-refractivity contribution in [2.45, 2.75) is 60.3 Å². The SMILES string of the molecule is CO.CO[N+](=O)c1ccc(Sc2nnnn2CCOC(=O)CCC(C=O)CCC(=O)O)c(C(=O)Nc2ncc(C(F)(F)C(F)(F)C(F)(F)F)cc2F)c1. The molecule has 0 spiro atoms. The number of amides is 1. The third-order valence-electron chi connectivity index (χ3n) is 6.68. The molecule has 2 aromatic heterocycles. The molecule has 1 aromatic carbocycles. The Hall–Kier alpha value is -5.33. The summed E-state index contributed by atoms with van der Waals surface area (Å²) in [4.78, 5) is 66.7. The maximum atomic E-state index is 14.7. The summed E-state index contributed by atoms with van der Waals surface area (Å²) >= 11 is 0.687. The number of anilines is 1. The number of carboxylic acid groups (broad SMARTS) is 1. The number of aromatic nitrogens is 5. The third kappa shape index (κ3) is 11.3. The molecule has 290 valence electrons. The normalized spacial score (nSPS) is 12.2. The van der Waals surface area contributed by atoms with Crippen LogP contribution in [0.25, 0.3) is 0 Å². The molecule has 0 aliphatic rings. The Morgan fingerprint density at radius 1 is 1.08 bits per heavy atom. The van der Waals surface area contributed by atoms with E-state index in [1.807, 2.05) is 5.32 Å². The number of nitrogens with zero attached hydrogens (tertiary/aromatic N) is 6. The molecule has 1 amide bonds. The number of aliphatic carboxylic acids is 1. The number of alkyl halides is 7. The molecule has 3 N–H and O–H groups in total. The fourth-order valence-electron chi connectivity index (χ4n) is 3.96. The van der Waals surface area contributed by atoms with Gasteiger partial charge in [-0.05, 0) is 47.2 Å². The minimum absolute atomic E-state index is 0.0326. The van der Waals surface area contributed by atoms with E-state index in [9.17, 15) is 59.2 Å². The van der Waals surface area contributed by atoms with Crippen LogP contribution in [-0.4, -0.2) is 97.4 Å². The molecule has 16 nitrogen and oxygen atoms in total. The van der Waals surface area contributed by atoms with E-state index in [2.05, 4.69) is 25.3 Å². The number of hydrogen-bond acceptors (Lipinski definition) is 13. The number of tetrazole rings is 1. The zero-order valence-electron chi connectivity index (χ0n) is 27.2. The van der Waals surface area contributed by atoms with Gasteiger partial charge in [-0.25, -0.2) is 18.9 Å². The number of halogens is 8. The van der Waals surface area contributed by atoms with Crippen LogP contribution < -0.4 is 5.32 Å². The summed E-state index contributed by atoms with van der Waals surface area (Å²) in [5.74, 6) is -19.4. The van der Waals surface area contributed by atoms with E-state index in [1.54, 1.807) is 0 Å². The lowest BCUT2D eigenvalue weighted by atomic mass is 9.99. The summed E-state index contributed by atoms with van der Waals surface area (Å²) in [5, 5.41) is 28.6. The van der Waals surface area contributed by atoms with E-state index in [0.717, 1.165) is 25.0 Å². The third-order valence-corrected chi connectivity index (χ3v) is 7.73. The molecule has 0 saturated carbocycles. The van der Waals surface area contributed by atoms with Gasteiger partial charge in [-0.3, -0.25) is 14.4 Å². The van der Waals surface area contributed by atoms with Gasteiger partial charge in [0.05, 0.1) is 17.0 Å². The lowest BCUT2D eigenvalue weighted by Crippen LogP contribution is -2.50. The van der Waals surface area contributed by atoms with Crippen LogP contribution in [0.15, 0.2) is 40.5 Å². The molecular weight excluding hydrogens is 762 g/mol. The van der Waals surface area contributed by atoms with Crippen molar-refractivity contribution < 1.29 is 79.0 Å². The van der Waals surface area contributed by atoms with Crippen molar-refractivity contribution in [2.24, 2.45) is 5.92 Å². The van der Waals surface area contributed by atoms with Crippen molar-refractivity contribution in [3.8, 4) is 0 Å². The van der Waals surface area contributed by atoms with Crippen LogP contribution in [0.2, 0.25) is 0 Å². The average Bonchev–Trinajstić information content (AvgIpc) is 3.55. The molecule has 0 fully saturated rings. The number of hydrogen-bond donors (Lipinski definition) is 3. The first-order valence-electron chi connectivity index (χ1n) is 14.5. The molecule has 1 unspecified atom stereocenters. The number of nitrogens with one attached hydrogen (secondary N) is 1. The predicted octanol–water partition coefficient (Wildman–Crippen LogP) is 4.48. The van der Waals surface area contributed by atoms with E-state index in [-0.39, 0.29) is 71.8 Å². The molecule has 0 radical (unpaired) electrons. The lowest BCUT2D eigenvalue weighted by molar-refractivity contribution is -0.736. The largest absolute Gasteiger partial charge is 0.481 e. The highest BCUT2D eigenvalue weighted by molar-refractivity contribution is 7.99. The monoisotopic (exact) mass is 790 g/mol. The number of aldehydes is 1. The number of ether oxygens (including phenoxy) is 1. The Kier molecular flexibility index (Phi) is 15.7. The minimum atomic E-state index is -6.70. The maximum Gasteiger partial charge on any atom is 0.460 e. The van der Waals surface area contributed by atoms with Gasteiger partial charge in [0, 0.05) is 54.7 Å². The number of aliphatic hydroxyl groups excluding tert-OH is 1. The standard InChI is InChI=1S/C27H23F8N7O8S.CH4O/c1-49-42(48)16-4-5-19(51-24-38-39-40-41(24)8-9-50-21(46)7-3-14(13-43)2-6-20(44)45)17(11-16)23(47)37-22-18(28)10-15(12-36-22)25(29,30)26(31,32)27(33,34)35;1-2/h4-5,10-14H,2-3,6-9H2,1H3,(H-,36,37,44,45,47);2H,1H3/p+1. The van der Waals surface area contributed by atoms with Gasteiger partial charge in [-0.15, -0.1) is 5.10 Å². The fourth-order valence-corrected chi connectivity index (χ4v) is 4.86. The minimum Gasteiger partial charge on any atom is -0.481 e. The second-order valence-electron chi connectivity index (χ2n) is 10.1. The van der Waals surface area contributed by atoms with Gasteiger partial charge in [0.1, 0.15) is 12.9 Å². The first-order chi connectivity index (χ1) is 24.8. The van der Waals surface area contributed by atoms with Gasteiger partial charge in [-0.2, -0.15) is 30.7 Å². The highest BCUT2D eigenvalue weighted by Crippen LogP contribution is 2.51. The summed E-state index contributed by atoms with van der Waals surface area (Å²) in [6.07, 6.45) is -6.70. The van der Waals surface area contributed by atoms with E-state index in [0.29, 0.717) is 18.0 Å². The van der Waals surface area contributed by atoms with Crippen LogP contribution in [-0.2, 0) is 36.4 Å². The van der Waals surface area contributed by atoms with Crippen LogP contribution in [0.4, 0.5) is 46.6 Å². The summed E-state index contributed by atoms with van der Waals surface area (Å²) in [5.41, 5.74) is -2.88. The smallest absolute Gasteiger partial charge is 0.460 e. The van der Waals surface area contributed by atoms with Crippen LogP contribution in [0, 0.1) is 16.6 Å². The molecule has 3 aromatic rings. The van der Waals surface area contributed by atoms with Crippen molar-refractivity contribution in [3.63, 3.8) is 0 Å². The molecule has 2 heterocycles. The van der Waals surface area contributed by atoms with Crippen LogP contribution in [0.1, 0.15) is 41.6 Å². The van der Waals surface area contributed by atoms with Crippen molar-refractivity contribution in [1.29, 1.82) is 0 Å². The topological polar surface area (TPSA) is 216 Å². The second kappa shape index (κ2) is 19.0. The molecule has 53 heavy (non-hydrogen) atoms. The first kappa shape index (κ1) is 43.8. The maximum absolute atomic E-state index is 14.7. The molecule has 0 bridgehead atoms. The van der Waals surface area contributed by atoms with Gasteiger partial charge in [-0.1, -0.05) is 0 Å². The van der Waals surface area contributed by atoms with E-state index in [1.165, 1.54) is 12.1 Å². The lowest BCUT2D eigenvalue weighted by Gasteiger charge is -2.28. The van der Waals surface area contributed by atoms with E-state index >= 15 is 0 Å². The molecular formula is C28H28F8N7O9S+. The predicted molar refractivity (Wildman–Crippen MR) is 160 cm³/mol. The first-order valence-corrected chi connectivity index (χ1v) is 15.3. The molecule has 0 saturated heterocycles. The number of pyridine rings is 1. The Balaban J connectivity index is 0.00000477. The number of carboxylic acids is 1. The highest BCUT2D eigenvalue weighted by atomic mass is 32.2. The summed E-state index contributed by atoms with van der Waals surface area (Å²) in [6.45, 7) is -0.424. The van der Waals surface area contributed by atoms with Crippen molar-refractivity contribution >= 4 is 47.4 Å².